The number of carbonyl (C=O) groups is 1. The number of hydrogen-bond acceptors (Lipinski definition) is 5. The van der Waals surface area contributed by atoms with Crippen LogP contribution in [0.2, 0.25) is 5.02 Å². The molecule has 0 aliphatic heterocycles. The summed E-state index contributed by atoms with van der Waals surface area (Å²) in [5, 5.41) is 12.6. The Morgan fingerprint density at radius 3 is 2.62 bits per heavy atom. The monoisotopic (exact) mass is 567 g/mol. The van der Waals surface area contributed by atoms with Gasteiger partial charge in [0.05, 0.1) is 32.7 Å². The summed E-state index contributed by atoms with van der Waals surface area (Å²) in [5.41, 5.74) is 1.72. The van der Waals surface area contributed by atoms with Crippen molar-refractivity contribution in [3.63, 3.8) is 0 Å². The molecule has 1 unspecified atom stereocenters. The summed E-state index contributed by atoms with van der Waals surface area (Å²) in [5.74, 6) is -1.84. The summed E-state index contributed by atoms with van der Waals surface area (Å²) < 4.78 is 37.7. The molecule has 6 rings (SSSR count). The fourth-order valence-electron chi connectivity index (χ4n) is 5.54. The lowest BCUT2D eigenvalue weighted by Gasteiger charge is -2.32. The molecule has 1 aliphatic rings. The second kappa shape index (κ2) is 10.5. The fourth-order valence-corrected chi connectivity index (χ4v) is 6.55. The third kappa shape index (κ3) is 4.85. The van der Waals surface area contributed by atoms with E-state index in [0.717, 1.165) is 43.7 Å². The van der Waals surface area contributed by atoms with E-state index < -0.39 is 17.6 Å². The van der Waals surface area contributed by atoms with Gasteiger partial charge in [-0.15, -0.1) is 11.3 Å². The van der Waals surface area contributed by atoms with Gasteiger partial charge in [0, 0.05) is 28.9 Å². The van der Waals surface area contributed by atoms with Crippen LogP contribution in [0.5, 0.6) is 5.88 Å². The van der Waals surface area contributed by atoms with Crippen LogP contribution in [0.15, 0.2) is 54.0 Å². The van der Waals surface area contributed by atoms with Crippen molar-refractivity contribution in [2.75, 3.05) is 6.61 Å². The molecule has 1 aliphatic carbocycles. The van der Waals surface area contributed by atoms with Crippen molar-refractivity contribution in [3.05, 3.63) is 76.3 Å². The molecule has 0 amide bonds. The zero-order valence-electron chi connectivity index (χ0n) is 20.7. The Morgan fingerprint density at radius 1 is 1.13 bits per heavy atom. The normalized spacial score (nSPS) is 15.2. The summed E-state index contributed by atoms with van der Waals surface area (Å²) in [7, 11) is 0. The zero-order valence-corrected chi connectivity index (χ0v) is 22.3. The molecule has 0 radical (unpaired) electrons. The van der Waals surface area contributed by atoms with Gasteiger partial charge in [-0.1, -0.05) is 30.9 Å². The van der Waals surface area contributed by atoms with E-state index in [2.05, 4.69) is 4.98 Å². The van der Waals surface area contributed by atoms with Crippen LogP contribution in [0.1, 0.15) is 48.5 Å². The number of benzene rings is 2. The van der Waals surface area contributed by atoms with Gasteiger partial charge in [0.25, 0.3) is 0 Å². The van der Waals surface area contributed by atoms with Gasteiger partial charge in [-0.05, 0) is 54.5 Å². The predicted molar refractivity (Wildman–Crippen MR) is 148 cm³/mol. The van der Waals surface area contributed by atoms with Gasteiger partial charge >= 0.3 is 5.97 Å². The fraction of sp³-hybridized carbons (Fsp3) is 0.276. The first kappa shape index (κ1) is 25.7. The lowest BCUT2D eigenvalue weighted by molar-refractivity contribution is 0.0698. The number of carboxylic acids is 1. The number of aromatic nitrogens is 3. The first-order chi connectivity index (χ1) is 18.9. The Hall–Kier alpha value is -3.56. The summed E-state index contributed by atoms with van der Waals surface area (Å²) >= 11 is 7.46. The Bertz CT molecular complexity index is 1680. The molecular weight excluding hydrogens is 544 g/mol. The number of aromatic carboxylic acids is 1. The Balaban J connectivity index is 1.47. The van der Waals surface area contributed by atoms with Crippen LogP contribution in [0.4, 0.5) is 8.78 Å². The van der Waals surface area contributed by atoms with E-state index in [1.54, 1.807) is 18.2 Å². The Kier molecular flexibility index (Phi) is 6.95. The molecule has 1 saturated carbocycles. The molecule has 6 nitrogen and oxygen atoms in total. The third-order valence-electron chi connectivity index (χ3n) is 7.43. The van der Waals surface area contributed by atoms with E-state index in [0.29, 0.717) is 37.8 Å². The second-order valence-electron chi connectivity index (χ2n) is 9.79. The van der Waals surface area contributed by atoms with Crippen LogP contribution in [0.25, 0.3) is 32.5 Å². The highest BCUT2D eigenvalue weighted by Gasteiger charge is 2.31. The molecule has 3 heterocycles. The SMILES string of the molecule is O=C(O)c1cnc(OCC(C2CCCCC2)n2c(-c3ccc(Cl)cc3)nc3cc(F)c(F)cc32)c2ccsc12. The van der Waals surface area contributed by atoms with E-state index in [4.69, 9.17) is 21.3 Å². The second-order valence-corrected chi connectivity index (χ2v) is 11.1. The number of pyridine rings is 1. The van der Waals surface area contributed by atoms with Gasteiger partial charge in [0.1, 0.15) is 12.4 Å². The number of carboxylic acid groups (broad SMARTS) is 1. The maximum absolute atomic E-state index is 14.6. The molecule has 2 aromatic carbocycles. The van der Waals surface area contributed by atoms with Gasteiger partial charge in [-0.25, -0.2) is 23.5 Å². The number of halogens is 3. The summed E-state index contributed by atoms with van der Waals surface area (Å²) in [4.78, 5) is 20.7. The number of ether oxygens (including phenoxy) is 1. The number of thiophene rings is 1. The van der Waals surface area contributed by atoms with Crippen LogP contribution in [0, 0.1) is 17.6 Å². The van der Waals surface area contributed by atoms with E-state index in [1.807, 2.05) is 22.1 Å². The van der Waals surface area contributed by atoms with Gasteiger partial charge in [0.15, 0.2) is 11.6 Å². The van der Waals surface area contributed by atoms with E-state index in [9.17, 15) is 18.7 Å². The van der Waals surface area contributed by atoms with Crippen molar-refractivity contribution in [3.8, 4) is 17.3 Å². The van der Waals surface area contributed by atoms with Crippen LogP contribution >= 0.6 is 22.9 Å². The van der Waals surface area contributed by atoms with E-state index in [-0.39, 0.29) is 24.1 Å². The van der Waals surface area contributed by atoms with Gasteiger partial charge in [0.2, 0.25) is 5.88 Å². The number of fused-ring (bicyclic) bond motifs is 2. The van der Waals surface area contributed by atoms with E-state index in [1.165, 1.54) is 23.6 Å². The topological polar surface area (TPSA) is 77.2 Å². The molecule has 1 atom stereocenters. The molecule has 10 heteroatoms. The number of hydrogen-bond donors (Lipinski definition) is 1. The quantitative estimate of drug-likeness (QED) is 0.215. The molecule has 0 bridgehead atoms. The van der Waals surface area contributed by atoms with Crippen LogP contribution < -0.4 is 4.74 Å². The van der Waals surface area contributed by atoms with Crippen molar-refractivity contribution in [2.24, 2.45) is 5.92 Å². The number of imidazole rings is 1. The number of rotatable bonds is 7. The predicted octanol–water partition coefficient (Wildman–Crippen LogP) is 8.14. The molecule has 5 aromatic rings. The van der Waals surface area contributed by atoms with Crippen LogP contribution in [0.3, 0.4) is 0 Å². The Morgan fingerprint density at radius 2 is 1.87 bits per heavy atom. The highest BCUT2D eigenvalue weighted by Crippen LogP contribution is 2.40. The molecular formula is C29H24ClF2N3O3S. The molecule has 3 aromatic heterocycles. The minimum Gasteiger partial charge on any atom is -0.478 e. The highest BCUT2D eigenvalue weighted by molar-refractivity contribution is 7.17. The molecule has 1 N–H and O–H groups in total. The standard InChI is InChI=1S/C29H24ClF2N3O3S/c30-18-8-6-17(7-9-18)27-34-23-12-21(31)22(32)13-24(23)35(27)25(16-4-2-1-3-5-16)15-38-28-19-10-11-39-26(19)20(14-33-28)29(36)37/h6-14,16,25H,1-5,15H2,(H,36,37). The smallest absolute Gasteiger partial charge is 0.338 e. The summed E-state index contributed by atoms with van der Waals surface area (Å²) in [6.45, 7) is 0.195. The summed E-state index contributed by atoms with van der Waals surface area (Å²) in [6.07, 6.45) is 6.50. The largest absolute Gasteiger partial charge is 0.478 e. The minimum atomic E-state index is -1.05. The molecule has 0 spiro atoms. The molecule has 39 heavy (non-hydrogen) atoms. The minimum absolute atomic E-state index is 0.124. The number of nitrogens with zero attached hydrogens (tertiary/aromatic N) is 3. The first-order valence-corrected chi connectivity index (χ1v) is 14.0. The molecule has 200 valence electrons. The van der Waals surface area contributed by atoms with Gasteiger partial charge in [-0.2, -0.15) is 0 Å². The van der Waals surface area contributed by atoms with Gasteiger partial charge in [-0.3, -0.25) is 0 Å². The Labute approximate surface area is 231 Å². The molecule has 0 saturated heterocycles. The van der Waals surface area contributed by atoms with Crippen molar-refractivity contribution >= 4 is 50.0 Å². The van der Waals surface area contributed by atoms with E-state index >= 15 is 0 Å². The van der Waals surface area contributed by atoms with Crippen molar-refractivity contribution in [2.45, 2.75) is 38.1 Å². The van der Waals surface area contributed by atoms with Crippen molar-refractivity contribution in [1.82, 2.24) is 14.5 Å². The average molecular weight is 568 g/mol. The molecule has 1 fully saturated rings. The maximum Gasteiger partial charge on any atom is 0.338 e. The zero-order chi connectivity index (χ0) is 27.1. The van der Waals surface area contributed by atoms with Crippen molar-refractivity contribution in [1.29, 1.82) is 0 Å². The van der Waals surface area contributed by atoms with Crippen molar-refractivity contribution < 1.29 is 23.4 Å². The van der Waals surface area contributed by atoms with Crippen LogP contribution in [-0.4, -0.2) is 32.2 Å². The lowest BCUT2D eigenvalue weighted by atomic mass is 9.83. The average Bonchev–Trinajstić information content (AvgIpc) is 3.56. The third-order valence-corrected chi connectivity index (χ3v) is 8.63. The van der Waals surface area contributed by atoms with Gasteiger partial charge < -0.3 is 14.4 Å². The van der Waals surface area contributed by atoms with Crippen LogP contribution in [-0.2, 0) is 0 Å². The lowest BCUT2D eigenvalue weighted by Crippen LogP contribution is -2.28. The highest BCUT2D eigenvalue weighted by atomic mass is 35.5. The maximum atomic E-state index is 14.6. The summed E-state index contributed by atoms with van der Waals surface area (Å²) in [6, 6.07) is 11.1. The first-order valence-electron chi connectivity index (χ1n) is 12.8.